The molecule has 0 unspecified atom stereocenters. The Morgan fingerprint density at radius 2 is 2.11 bits per heavy atom. The van der Waals surface area contributed by atoms with Crippen LogP contribution in [0, 0.1) is 0 Å². The minimum absolute atomic E-state index is 0.0519. The molecule has 1 amide bonds. The first-order chi connectivity index (χ1) is 8.61. The molecule has 0 saturated carbocycles. The number of benzene rings is 1. The average Bonchev–Trinajstić information content (AvgIpc) is 2.38. The Kier molecular flexibility index (Phi) is 4.30. The van der Waals surface area contributed by atoms with E-state index < -0.39 is 6.04 Å². The van der Waals surface area contributed by atoms with Gasteiger partial charge in [-0.25, -0.2) is 0 Å². The maximum absolute atomic E-state index is 12.2. The van der Waals surface area contributed by atoms with E-state index in [1.54, 1.807) is 6.92 Å². The maximum atomic E-state index is 12.2. The Morgan fingerprint density at radius 3 is 2.72 bits per heavy atom. The molecule has 1 aromatic carbocycles. The van der Waals surface area contributed by atoms with Crippen molar-refractivity contribution in [3.63, 3.8) is 0 Å². The summed E-state index contributed by atoms with van der Waals surface area (Å²) >= 11 is 1.92. The lowest BCUT2D eigenvalue weighted by atomic mass is 10.0. The highest BCUT2D eigenvalue weighted by Gasteiger charge is 2.34. The van der Waals surface area contributed by atoms with Crippen molar-refractivity contribution in [2.24, 2.45) is 5.73 Å². The van der Waals surface area contributed by atoms with Gasteiger partial charge in [0, 0.05) is 17.5 Å². The highest BCUT2D eigenvalue weighted by molar-refractivity contribution is 8.00. The number of hydrogen-bond donors (Lipinski definition) is 1. The van der Waals surface area contributed by atoms with Crippen LogP contribution in [0.1, 0.15) is 25.5 Å². The Balaban J connectivity index is 2.29. The molecule has 1 aliphatic heterocycles. The molecule has 0 radical (unpaired) electrons. The fourth-order valence-electron chi connectivity index (χ4n) is 2.43. The number of nitrogens with zero attached hydrogens (tertiary/aromatic N) is 1. The van der Waals surface area contributed by atoms with E-state index in [1.807, 2.05) is 34.9 Å². The lowest BCUT2D eigenvalue weighted by Gasteiger charge is -2.40. The second-order valence-electron chi connectivity index (χ2n) is 4.75. The first-order valence-corrected chi connectivity index (χ1v) is 7.38. The third-order valence-electron chi connectivity index (χ3n) is 3.31. The van der Waals surface area contributed by atoms with E-state index >= 15 is 0 Å². The number of nitrogens with two attached hydrogens (primary N) is 1. The summed E-state index contributed by atoms with van der Waals surface area (Å²) in [6.07, 6.45) is 0. The van der Waals surface area contributed by atoms with E-state index in [4.69, 9.17) is 5.73 Å². The Bertz CT molecular complexity index is 408. The summed E-state index contributed by atoms with van der Waals surface area (Å²) in [6.45, 7) is 4.73. The van der Waals surface area contributed by atoms with Gasteiger partial charge in [0.05, 0.1) is 12.1 Å². The first kappa shape index (κ1) is 13.4. The van der Waals surface area contributed by atoms with Crippen molar-refractivity contribution in [3.05, 3.63) is 35.9 Å². The quantitative estimate of drug-likeness (QED) is 0.889. The van der Waals surface area contributed by atoms with Crippen molar-refractivity contribution in [2.45, 2.75) is 31.2 Å². The molecule has 2 N–H and O–H groups in total. The predicted octanol–water partition coefficient (Wildman–Crippen LogP) is 2.04. The maximum Gasteiger partial charge on any atom is 0.239 e. The summed E-state index contributed by atoms with van der Waals surface area (Å²) in [7, 11) is 0. The van der Waals surface area contributed by atoms with E-state index in [1.165, 1.54) is 5.56 Å². The molecular weight excluding hydrogens is 244 g/mol. The zero-order valence-electron chi connectivity index (χ0n) is 10.9. The first-order valence-electron chi connectivity index (χ1n) is 6.34. The normalized spacial score (nSPS) is 25.8. The summed E-state index contributed by atoms with van der Waals surface area (Å²) in [5.74, 6) is 1.04. The molecule has 0 aliphatic carbocycles. The smallest absolute Gasteiger partial charge is 0.239 e. The number of rotatable bonds is 2. The van der Waals surface area contributed by atoms with Gasteiger partial charge in [-0.3, -0.25) is 4.79 Å². The molecule has 3 atom stereocenters. The molecule has 3 nitrogen and oxygen atoms in total. The second-order valence-corrected chi connectivity index (χ2v) is 6.24. The van der Waals surface area contributed by atoms with Crippen LogP contribution in [-0.4, -0.2) is 34.4 Å². The molecule has 1 saturated heterocycles. The van der Waals surface area contributed by atoms with Gasteiger partial charge in [-0.05, 0) is 12.5 Å². The molecule has 0 aromatic heterocycles. The monoisotopic (exact) mass is 264 g/mol. The van der Waals surface area contributed by atoms with Crippen molar-refractivity contribution in [1.82, 2.24) is 4.90 Å². The summed E-state index contributed by atoms with van der Waals surface area (Å²) < 4.78 is 0. The Morgan fingerprint density at radius 1 is 1.44 bits per heavy atom. The fourth-order valence-corrected chi connectivity index (χ4v) is 3.59. The van der Waals surface area contributed by atoms with Gasteiger partial charge in [-0.2, -0.15) is 11.8 Å². The fraction of sp³-hybridized carbons (Fsp3) is 0.500. The van der Waals surface area contributed by atoms with Gasteiger partial charge in [0.2, 0.25) is 5.91 Å². The van der Waals surface area contributed by atoms with E-state index in [9.17, 15) is 4.79 Å². The summed E-state index contributed by atoms with van der Waals surface area (Å²) in [6, 6.07) is 9.95. The van der Waals surface area contributed by atoms with Gasteiger partial charge in [-0.15, -0.1) is 0 Å². The van der Waals surface area contributed by atoms with Gasteiger partial charge < -0.3 is 10.6 Å². The standard InChI is InChI=1S/C14H20N2OS/c1-10(15)14(17)16-8-9-18-11(2)13(16)12-6-4-3-5-7-12/h3-7,10-11,13H,8-9,15H2,1-2H3/t10-,11-,13+/m1/s1. The third kappa shape index (κ3) is 2.70. The molecule has 1 aromatic rings. The van der Waals surface area contributed by atoms with Gasteiger partial charge >= 0.3 is 0 Å². The van der Waals surface area contributed by atoms with E-state index in [0.29, 0.717) is 5.25 Å². The van der Waals surface area contributed by atoms with Gasteiger partial charge in [0.1, 0.15) is 0 Å². The van der Waals surface area contributed by atoms with Crippen molar-refractivity contribution in [3.8, 4) is 0 Å². The highest BCUT2D eigenvalue weighted by Crippen LogP contribution is 2.36. The molecule has 1 heterocycles. The minimum Gasteiger partial charge on any atom is -0.332 e. The van der Waals surface area contributed by atoms with Crippen LogP contribution in [0.3, 0.4) is 0 Å². The number of hydrogen-bond acceptors (Lipinski definition) is 3. The topological polar surface area (TPSA) is 46.3 Å². The molecule has 98 valence electrons. The number of carbonyl (C=O) groups is 1. The van der Waals surface area contributed by atoms with Crippen LogP contribution in [0.2, 0.25) is 0 Å². The van der Waals surface area contributed by atoms with Crippen molar-refractivity contribution in [1.29, 1.82) is 0 Å². The lowest BCUT2D eigenvalue weighted by molar-refractivity contribution is -0.134. The van der Waals surface area contributed by atoms with Crippen molar-refractivity contribution < 1.29 is 4.79 Å². The molecule has 4 heteroatoms. The summed E-state index contributed by atoms with van der Waals surface area (Å²) in [5, 5.41) is 0.406. The zero-order valence-corrected chi connectivity index (χ0v) is 11.7. The van der Waals surface area contributed by atoms with E-state index in [0.717, 1.165) is 12.3 Å². The predicted molar refractivity (Wildman–Crippen MR) is 76.5 cm³/mol. The molecule has 1 aliphatic rings. The van der Waals surface area contributed by atoms with Crippen LogP contribution in [0.5, 0.6) is 0 Å². The SMILES string of the molecule is C[C@@H](N)C(=O)N1CCS[C@H](C)[C@H]1c1ccccc1. The lowest BCUT2D eigenvalue weighted by Crippen LogP contribution is -2.49. The summed E-state index contributed by atoms with van der Waals surface area (Å²) in [5.41, 5.74) is 6.95. The van der Waals surface area contributed by atoms with Crippen LogP contribution in [0.4, 0.5) is 0 Å². The minimum atomic E-state index is -0.425. The van der Waals surface area contributed by atoms with Crippen molar-refractivity contribution in [2.75, 3.05) is 12.3 Å². The van der Waals surface area contributed by atoms with Crippen LogP contribution in [0.15, 0.2) is 30.3 Å². The Labute approximate surface area is 113 Å². The van der Waals surface area contributed by atoms with E-state index in [-0.39, 0.29) is 11.9 Å². The van der Waals surface area contributed by atoms with Crippen LogP contribution in [-0.2, 0) is 4.79 Å². The molecule has 0 spiro atoms. The van der Waals surface area contributed by atoms with Crippen LogP contribution >= 0.6 is 11.8 Å². The molecule has 2 rings (SSSR count). The zero-order chi connectivity index (χ0) is 13.1. The largest absolute Gasteiger partial charge is 0.332 e. The van der Waals surface area contributed by atoms with Gasteiger partial charge in [-0.1, -0.05) is 37.3 Å². The van der Waals surface area contributed by atoms with Gasteiger partial charge in [0.15, 0.2) is 0 Å². The van der Waals surface area contributed by atoms with Crippen LogP contribution in [0.25, 0.3) is 0 Å². The molecule has 0 bridgehead atoms. The molecule has 18 heavy (non-hydrogen) atoms. The molecular formula is C14H20N2OS. The number of carbonyl (C=O) groups excluding carboxylic acids is 1. The average molecular weight is 264 g/mol. The summed E-state index contributed by atoms with van der Waals surface area (Å²) in [4.78, 5) is 14.2. The van der Waals surface area contributed by atoms with Gasteiger partial charge in [0.25, 0.3) is 0 Å². The number of thioether (sulfide) groups is 1. The third-order valence-corrected chi connectivity index (χ3v) is 4.51. The van der Waals surface area contributed by atoms with Crippen molar-refractivity contribution >= 4 is 17.7 Å². The highest BCUT2D eigenvalue weighted by atomic mass is 32.2. The Hall–Kier alpha value is -1.00. The molecule has 1 fully saturated rings. The van der Waals surface area contributed by atoms with E-state index in [2.05, 4.69) is 19.1 Å². The number of amides is 1. The second kappa shape index (κ2) is 5.76. The van der Waals surface area contributed by atoms with Crippen LogP contribution < -0.4 is 5.73 Å².